The second kappa shape index (κ2) is 10.4. The molecule has 0 unspecified atom stereocenters. The second-order valence-corrected chi connectivity index (χ2v) is 11.2. The van der Waals surface area contributed by atoms with Crippen molar-refractivity contribution in [3.63, 3.8) is 0 Å². The standard InChI is InChI=1S/C40H28B2/c1-5-13-31(14-6-1)41(32-15-7-2-8-16-32)37-27-23-29-22-26-36-38(28-24-30-21-25-35(37)39(29)40(30)36)42(33-17-9-3-10-18-33)34-19-11-4-12-20-34/h1-28H. The molecule has 194 valence electrons. The number of benzene rings is 8. The summed E-state index contributed by atoms with van der Waals surface area (Å²) in [5, 5.41) is 7.97. The summed E-state index contributed by atoms with van der Waals surface area (Å²) in [5.41, 5.74) is 7.95. The highest BCUT2D eigenvalue weighted by Gasteiger charge is 2.27. The molecule has 0 heterocycles. The Hall–Kier alpha value is -5.07. The maximum atomic E-state index is 2.35. The molecule has 0 nitrogen and oxygen atoms in total. The quantitative estimate of drug-likeness (QED) is 0.194. The van der Waals surface area contributed by atoms with Gasteiger partial charge in [-0.3, -0.25) is 0 Å². The zero-order chi connectivity index (χ0) is 27.9. The van der Waals surface area contributed by atoms with Crippen LogP contribution in [0.2, 0.25) is 0 Å². The van der Waals surface area contributed by atoms with Crippen LogP contribution in [0, 0.1) is 0 Å². The van der Waals surface area contributed by atoms with Crippen LogP contribution in [-0.2, 0) is 0 Å². The van der Waals surface area contributed by atoms with Gasteiger partial charge in [0.2, 0.25) is 13.4 Å². The van der Waals surface area contributed by atoms with Crippen molar-refractivity contribution in [1.82, 2.24) is 0 Å². The Kier molecular flexibility index (Phi) is 6.12. The molecule has 0 saturated carbocycles. The van der Waals surface area contributed by atoms with Gasteiger partial charge in [-0.2, -0.15) is 0 Å². The van der Waals surface area contributed by atoms with E-state index in [1.165, 1.54) is 65.1 Å². The van der Waals surface area contributed by atoms with Crippen molar-refractivity contribution >= 4 is 78.5 Å². The molecular weight excluding hydrogens is 502 g/mol. The molecule has 2 heteroatoms. The van der Waals surface area contributed by atoms with Gasteiger partial charge in [0, 0.05) is 0 Å². The zero-order valence-electron chi connectivity index (χ0n) is 23.3. The summed E-state index contributed by atoms with van der Waals surface area (Å²) in [6.07, 6.45) is 0. The van der Waals surface area contributed by atoms with Crippen molar-refractivity contribution in [2.24, 2.45) is 0 Å². The molecule has 0 aliphatic heterocycles. The first kappa shape index (κ1) is 24.7. The van der Waals surface area contributed by atoms with E-state index < -0.39 is 0 Å². The molecule has 0 amide bonds. The highest BCUT2D eigenvalue weighted by molar-refractivity contribution is 6.97. The van der Waals surface area contributed by atoms with Crippen LogP contribution in [0.3, 0.4) is 0 Å². The van der Waals surface area contributed by atoms with Crippen LogP contribution in [0.5, 0.6) is 0 Å². The number of hydrogen-bond donors (Lipinski definition) is 0. The van der Waals surface area contributed by atoms with Gasteiger partial charge in [0.1, 0.15) is 0 Å². The van der Waals surface area contributed by atoms with Crippen molar-refractivity contribution in [2.75, 3.05) is 0 Å². The van der Waals surface area contributed by atoms with E-state index in [-0.39, 0.29) is 13.4 Å². The Labute approximate surface area is 247 Å². The van der Waals surface area contributed by atoms with Gasteiger partial charge in [0.25, 0.3) is 0 Å². The van der Waals surface area contributed by atoms with E-state index in [4.69, 9.17) is 0 Å². The van der Waals surface area contributed by atoms with E-state index >= 15 is 0 Å². The average molecular weight is 530 g/mol. The van der Waals surface area contributed by atoms with Gasteiger partial charge in [-0.05, 0) is 32.3 Å². The molecule has 0 aliphatic carbocycles. The third kappa shape index (κ3) is 4.11. The van der Waals surface area contributed by atoms with E-state index in [1.807, 2.05) is 0 Å². The summed E-state index contributed by atoms with van der Waals surface area (Å²) in [4.78, 5) is 0. The first-order valence-electron chi connectivity index (χ1n) is 14.8. The van der Waals surface area contributed by atoms with Crippen LogP contribution in [0.4, 0.5) is 0 Å². The monoisotopic (exact) mass is 530 g/mol. The van der Waals surface area contributed by atoms with Crippen LogP contribution < -0.4 is 32.8 Å². The topological polar surface area (TPSA) is 0 Å². The first-order chi connectivity index (χ1) is 20.9. The van der Waals surface area contributed by atoms with Gasteiger partial charge in [-0.15, -0.1) is 0 Å². The van der Waals surface area contributed by atoms with Crippen molar-refractivity contribution < 1.29 is 0 Å². The molecule has 0 spiro atoms. The predicted molar refractivity (Wildman–Crippen MR) is 185 cm³/mol. The number of rotatable bonds is 6. The Morgan fingerprint density at radius 1 is 0.262 bits per heavy atom. The van der Waals surface area contributed by atoms with Crippen molar-refractivity contribution in [2.45, 2.75) is 0 Å². The fraction of sp³-hybridized carbons (Fsp3) is 0. The van der Waals surface area contributed by atoms with Crippen LogP contribution >= 0.6 is 0 Å². The molecule has 0 N–H and O–H groups in total. The van der Waals surface area contributed by atoms with E-state index in [2.05, 4.69) is 170 Å². The fourth-order valence-electron chi connectivity index (χ4n) is 7.03. The molecular formula is C40H28B2. The molecule has 0 aliphatic rings. The van der Waals surface area contributed by atoms with Crippen LogP contribution in [0.25, 0.3) is 32.3 Å². The SMILES string of the molecule is c1ccc(B(c2ccccc2)c2ccc3ccc4c(B(c5ccccc5)c5ccccc5)ccc5ccc2c3c54)cc1. The lowest BCUT2D eigenvalue weighted by Gasteiger charge is -2.22. The minimum atomic E-state index is 0.151. The minimum absolute atomic E-state index is 0.151. The van der Waals surface area contributed by atoms with Crippen molar-refractivity contribution in [1.29, 1.82) is 0 Å². The Morgan fingerprint density at radius 2 is 0.548 bits per heavy atom. The fourth-order valence-corrected chi connectivity index (χ4v) is 7.03. The summed E-state index contributed by atoms with van der Waals surface area (Å²) >= 11 is 0. The van der Waals surface area contributed by atoms with Gasteiger partial charge in [0.15, 0.2) is 0 Å². The molecule has 42 heavy (non-hydrogen) atoms. The van der Waals surface area contributed by atoms with Crippen molar-refractivity contribution in [3.05, 3.63) is 170 Å². The van der Waals surface area contributed by atoms with Crippen LogP contribution in [0.15, 0.2) is 170 Å². The normalized spacial score (nSPS) is 11.3. The van der Waals surface area contributed by atoms with E-state index in [0.29, 0.717) is 0 Å². The van der Waals surface area contributed by atoms with Crippen LogP contribution in [0.1, 0.15) is 0 Å². The average Bonchev–Trinajstić information content (AvgIpc) is 3.07. The lowest BCUT2D eigenvalue weighted by molar-refractivity contribution is 1.72. The Bertz CT molecular complexity index is 1890. The molecule has 0 atom stereocenters. The molecule has 8 aromatic carbocycles. The first-order valence-corrected chi connectivity index (χ1v) is 14.8. The van der Waals surface area contributed by atoms with Crippen molar-refractivity contribution in [3.8, 4) is 0 Å². The molecule has 0 radical (unpaired) electrons. The minimum Gasteiger partial charge on any atom is -0.0686 e. The van der Waals surface area contributed by atoms with Gasteiger partial charge in [-0.1, -0.05) is 203 Å². The van der Waals surface area contributed by atoms with Gasteiger partial charge in [0.05, 0.1) is 0 Å². The summed E-state index contributed by atoms with van der Waals surface area (Å²) in [6, 6.07) is 62.4. The third-order valence-electron chi connectivity index (χ3n) is 8.89. The Morgan fingerprint density at radius 3 is 0.857 bits per heavy atom. The molecule has 0 aromatic heterocycles. The van der Waals surface area contributed by atoms with E-state index in [9.17, 15) is 0 Å². The zero-order valence-corrected chi connectivity index (χ0v) is 23.3. The summed E-state index contributed by atoms with van der Waals surface area (Å²) in [7, 11) is 0. The molecule has 0 bridgehead atoms. The van der Waals surface area contributed by atoms with Gasteiger partial charge < -0.3 is 0 Å². The van der Waals surface area contributed by atoms with Crippen LogP contribution in [-0.4, -0.2) is 13.4 Å². The highest BCUT2D eigenvalue weighted by Crippen LogP contribution is 2.33. The lowest BCUT2D eigenvalue weighted by atomic mass is 9.36. The Balaban J connectivity index is 1.42. The van der Waals surface area contributed by atoms with Gasteiger partial charge >= 0.3 is 0 Å². The maximum Gasteiger partial charge on any atom is 0.241 e. The maximum absolute atomic E-state index is 2.35. The summed E-state index contributed by atoms with van der Waals surface area (Å²) in [6.45, 7) is 0.302. The summed E-state index contributed by atoms with van der Waals surface area (Å²) in [5.74, 6) is 0. The van der Waals surface area contributed by atoms with Gasteiger partial charge in [-0.25, -0.2) is 0 Å². The predicted octanol–water partition coefficient (Wildman–Crippen LogP) is 5.62. The molecule has 0 fully saturated rings. The lowest BCUT2D eigenvalue weighted by Crippen LogP contribution is -2.52. The third-order valence-corrected chi connectivity index (χ3v) is 8.89. The second-order valence-electron chi connectivity index (χ2n) is 11.2. The number of hydrogen-bond acceptors (Lipinski definition) is 0. The van der Waals surface area contributed by atoms with E-state index in [0.717, 1.165) is 0 Å². The smallest absolute Gasteiger partial charge is 0.0686 e. The molecule has 8 rings (SSSR count). The summed E-state index contributed by atoms with van der Waals surface area (Å²) < 4.78 is 0. The highest BCUT2D eigenvalue weighted by atomic mass is 14.1. The molecule has 0 saturated heterocycles. The molecule has 8 aromatic rings. The van der Waals surface area contributed by atoms with E-state index in [1.54, 1.807) is 0 Å². The largest absolute Gasteiger partial charge is 0.241 e.